The van der Waals surface area contributed by atoms with E-state index >= 15 is 0 Å². The van der Waals surface area contributed by atoms with Gasteiger partial charge in [-0.25, -0.2) is 0 Å². The molecule has 0 aromatic heterocycles. The SMILES string of the molecule is O=P(O)(O)c1cc(-c2ccccc2)c2c(c1-c1ccccc1)OCO2. The van der Waals surface area contributed by atoms with Crippen LogP contribution in [0.4, 0.5) is 0 Å². The average molecular weight is 354 g/mol. The van der Waals surface area contributed by atoms with Crippen LogP contribution in [-0.4, -0.2) is 16.6 Å². The molecule has 1 heterocycles. The van der Waals surface area contributed by atoms with Gasteiger partial charge < -0.3 is 19.3 Å². The summed E-state index contributed by atoms with van der Waals surface area (Å²) in [7, 11) is -4.54. The molecule has 3 aromatic rings. The summed E-state index contributed by atoms with van der Waals surface area (Å²) in [5, 5.41) is -0.0678. The molecule has 0 aliphatic carbocycles. The van der Waals surface area contributed by atoms with E-state index in [0.717, 1.165) is 5.56 Å². The molecule has 4 rings (SSSR count). The Morgan fingerprint density at radius 2 is 1.36 bits per heavy atom. The van der Waals surface area contributed by atoms with Gasteiger partial charge in [0, 0.05) is 11.1 Å². The average Bonchev–Trinajstić information content (AvgIpc) is 3.10. The van der Waals surface area contributed by atoms with Gasteiger partial charge in [-0.15, -0.1) is 0 Å². The molecule has 1 aliphatic rings. The summed E-state index contributed by atoms with van der Waals surface area (Å²) in [6, 6.07) is 19.9. The number of benzene rings is 3. The Morgan fingerprint density at radius 3 is 1.96 bits per heavy atom. The Morgan fingerprint density at radius 1 is 0.800 bits per heavy atom. The second-order valence-corrected chi connectivity index (χ2v) is 7.23. The van der Waals surface area contributed by atoms with Crippen molar-refractivity contribution in [2.75, 3.05) is 6.79 Å². The summed E-state index contributed by atoms with van der Waals surface area (Å²) < 4.78 is 23.5. The van der Waals surface area contributed by atoms with Crippen molar-refractivity contribution in [2.45, 2.75) is 0 Å². The van der Waals surface area contributed by atoms with E-state index in [1.165, 1.54) is 6.07 Å². The smallest absolute Gasteiger partial charge is 0.357 e. The van der Waals surface area contributed by atoms with E-state index in [-0.39, 0.29) is 12.1 Å². The van der Waals surface area contributed by atoms with Gasteiger partial charge in [0.25, 0.3) is 0 Å². The predicted molar refractivity (Wildman–Crippen MR) is 95.1 cm³/mol. The van der Waals surface area contributed by atoms with Crippen LogP contribution in [0.5, 0.6) is 11.5 Å². The van der Waals surface area contributed by atoms with Crippen LogP contribution in [0, 0.1) is 0 Å². The molecule has 6 heteroatoms. The molecule has 3 aromatic carbocycles. The lowest BCUT2D eigenvalue weighted by Gasteiger charge is -2.17. The van der Waals surface area contributed by atoms with Gasteiger partial charge in [0.2, 0.25) is 6.79 Å². The van der Waals surface area contributed by atoms with Crippen molar-refractivity contribution in [1.29, 1.82) is 0 Å². The molecule has 1 aliphatic heterocycles. The summed E-state index contributed by atoms with van der Waals surface area (Å²) in [5.74, 6) is 0.869. The van der Waals surface area contributed by atoms with E-state index in [9.17, 15) is 14.4 Å². The molecular weight excluding hydrogens is 339 g/mol. The molecular formula is C19H15O5P. The predicted octanol–water partition coefficient (Wildman–Crippen LogP) is 3.55. The maximum atomic E-state index is 12.2. The molecule has 0 radical (unpaired) electrons. The lowest BCUT2D eigenvalue weighted by molar-refractivity contribution is 0.174. The summed E-state index contributed by atoms with van der Waals surface area (Å²) in [6.07, 6.45) is 0. The quantitative estimate of drug-likeness (QED) is 0.704. The minimum Gasteiger partial charge on any atom is -0.453 e. The lowest BCUT2D eigenvalue weighted by atomic mass is 9.98. The van der Waals surface area contributed by atoms with Crippen molar-refractivity contribution in [3.8, 4) is 33.8 Å². The van der Waals surface area contributed by atoms with Gasteiger partial charge in [-0.2, -0.15) is 0 Å². The van der Waals surface area contributed by atoms with Gasteiger partial charge in [-0.1, -0.05) is 60.7 Å². The maximum absolute atomic E-state index is 12.2. The highest BCUT2D eigenvalue weighted by molar-refractivity contribution is 7.60. The van der Waals surface area contributed by atoms with E-state index < -0.39 is 7.60 Å². The molecule has 0 saturated carbocycles. The first-order valence-corrected chi connectivity index (χ1v) is 9.30. The third-order valence-electron chi connectivity index (χ3n) is 4.08. The number of rotatable bonds is 3. The van der Waals surface area contributed by atoms with E-state index in [2.05, 4.69) is 0 Å². The number of hydrogen-bond donors (Lipinski definition) is 2. The van der Waals surface area contributed by atoms with Crippen molar-refractivity contribution in [1.82, 2.24) is 0 Å². The van der Waals surface area contributed by atoms with E-state index in [1.54, 1.807) is 12.1 Å². The Kier molecular flexibility index (Phi) is 3.85. The van der Waals surface area contributed by atoms with Crippen LogP contribution in [0.1, 0.15) is 0 Å². The van der Waals surface area contributed by atoms with Crippen molar-refractivity contribution in [3.63, 3.8) is 0 Å². The molecule has 5 nitrogen and oxygen atoms in total. The Hall–Kier alpha value is -2.59. The lowest BCUT2D eigenvalue weighted by Crippen LogP contribution is -2.10. The van der Waals surface area contributed by atoms with Crippen LogP contribution in [-0.2, 0) is 4.57 Å². The summed E-state index contributed by atoms with van der Waals surface area (Å²) in [4.78, 5) is 19.9. The highest BCUT2D eigenvalue weighted by Gasteiger charge is 2.33. The van der Waals surface area contributed by atoms with Crippen LogP contribution < -0.4 is 14.8 Å². The number of ether oxygens (including phenoxy) is 2. The Balaban J connectivity index is 2.07. The van der Waals surface area contributed by atoms with Gasteiger partial charge in [0.15, 0.2) is 11.5 Å². The van der Waals surface area contributed by atoms with Gasteiger partial charge in [0.05, 0.1) is 5.30 Å². The second-order valence-electron chi connectivity index (χ2n) is 5.66. The molecule has 25 heavy (non-hydrogen) atoms. The Labute approximate surface area is 144 Å². The molecule has 0 amide bonds. The van der Waals surface area contributed by atoms with Crippen molar-refractivity contribution >= 4 is 12.9 Å². The van der Waals surface area contributed by atoms with E-state index in [0.29, 0.717) is 28.2 Å². The minimum absolute atomic E-state index is 0.0135. The zero-order valence-corrected chi connectivity index (χ0v) is 14.0. The number of hydrogen-bond acceptors (Lipinski definition) is 3. The minimum atomic E-state index is -4.54. The normalized spacial score (nSPS) is 13.0. The molecule has 0 atom stereocenters. The van der Waals surface area contributed by atoms with Crippen LogP contribution in [0.25, 0.3) is 22.3 Å². The van der Waals surface area contributed by atoms with Crippen LogP contribution >= 0.6 is 7.60 Å². The first-order chi connectivity index (χ1) is 12.1. The van der Waals surface area contributed by atoms with Crippen molar-refractivity contribution in [3.05, 3.63) is 66.7 Å². The van der Waals surface area contributed by atoms with Crippen molar-refractivity contribution in [2.24, 2.45) is 0 Å². The fraction of sp³-hybridized carbons (Fsp3) is 0.0526. The topological polar surface area (TPSA) is 76.0 Å². The van der Waals surface area contributed by atoms with Crippen LogP contribution in [0.3, 0.4) is 0 Å². The Bertz CT molecular complexity index is 964. The molecule has 0 unspecified atom stereocenters. The molecule has 126 valence electrons. The zero-order chi connectivity index (χ0) is 17.4. The van der Waals surface area contributed by atoms with Crippen LogP contribution in [0.2, 0.25) is 0 Å². The summed E-state index contributed by atoms with van der Waals surface area (Å²) in [6.45, 7) is 0.0135. The molecule has 0 fully saturated rings. The first-order valence-electron chi connectivity index (χ1n) is 7.69. The van der Waals surface area contributed by atoms with E-state index in [1.807, 2.05) is 48.5 Å². The van der Waals surface area contributed by atoms with Gasteiger partial charge in [-0.05, 0) is 17.2 Å². The van der Waals surface area contributed by atoms with Gasteiger partial charge in [0.1, 0.15) is 0 Å². The van der Waals surface area contributed by atoms with Crippen molar-refractivity contribution < 1.29 is 23.8 Å². The molecule has 0 saturated heterocycles. The number of fused-ring (bicyclic) bond motifs is 1. The monoisotopic (exact) mass is 354 g/mol. The maximum Gasteiger partial charge on any atom is 0.357 e. The first kappa shape index (κ1) is 15.9. The fourth-order valence-electron chi connectivity index (χ4n) is 3.00. The standard InChI is InChI=1S/C19H15O5P/c20-25(21,22)16-11-15(13-7-3-1-4-8-13)18-19(24-12-23-18)17(16)14-9-5-2-6-10-14/h1-11H,12H2,(H2,20,21,22). The summed E-state index contributed by atoms with van der Waals surface area (Å²) >= 11 is 0. The third-order valence-corrected chi connectivity index (χ3v) is 5.06. The van der Waals surface area contributed by atoms with Crippen LogP contribution in [0.15, 0.2) is 66.7 Å². The molecule has 0 bridgehead atoms. The van der Waals surface area contributed by atoms with E-state index in [4.69, 9.17) is 9.47 Å². The molecule has 0 spiro atoms. The second kappa shape index (κ2) is 6.05. The highest BCUT2D eigenvalue weighted by Crippen LogP contribution is 2.51. The van der Waals surface area contributed by atoms with Gasteiger partial charge in [-0.3, -0.25) is 4.57 Å². The van der Waals surface area contributed by atoms with Gasteiger partial charge >= 0.3 is 7.60 Å². The summed E-state index contributed by atoms with van der Waals surface area (Å²) in [5.41, 5.74) is 2.45. The molecule has 2 N–H and O–H groups in total. The largest absolute Gasteiger partial charge is 0.453 e. The third kappa shape index (κ3) is 2.83. The zero-order valence-electron chi connectivity index (χ0n) is 13.1. The fourth-order valence-corrected chi connectivity index (χ4v) is 3.82. The highest BCUT2D eigenvalue weighted by atomic mass is 31.2.